The highest BCUT2D eigenvalue weighted by Gasteiger charge is 2.20. The largest absolute Gasteiger partial charge is 0.317 e. The van der Waals surface area contributed by atoms with Gasteiger partial charge < -0.3 is 5.32 Å². The molecule has 4 heteroatoms. The van der Waals surface area contributed by atoms with E-state index in [2.05, 4.69) is 5.32 Å². The molecule has 0 aliphatic heterocycles. The third-order valence-corrected chi connectivity index (χ3v) is 3.99. The number of likely N-dealkylation sites (N-methyl/N-ethyl adjacent to an activating group) is 1. The van der Waals surface area contributed by atoms with E-state index in [0.29, 0.717) is 17.0 Å². The summed E-state index contributed by atoms with van der Waals surface area (Å²) < 4.78 is 26.9. The average Bonchev–Trinajstić information content (AvgIpc) is 2.44. The van der Waals surface area contributed by atoms with E-state index in [4.69, 9.17) is 11.6 Å². The molecule has 112 valence electrons. The van der Waals surface area contributed by atoms with Crippen LogP contribution in [0.25, 0.3) is 0 Å². The van der Waals surface area contributed by atoms with Crippen molar-refractivity contribution in [3.05, 3.63) is 70.2 Å². The van der Waals surface area contributed by atoms with E-state index >= 15 is 0 Å². The van der Waals surface area contributed by atoms with Crippen molar-refractivity contribution in [2.45, 2.75) is 25.3 Å². The van der Waals surface area contributed by atoms with Crippen LogP contribution in [0.1, 0.15) is 24.0 Å². The first-order chi connectivity index (χ1) is 9.99. The zero-order chi connectivity index (χ0) is 15.4. The SMILES string of the molecule is CNC(C)C(Cc1ccc(Cl)cc1)c1cc(F)cc(F)c1. The van der Waals surface area contributed by atoms with Crippen LogP contribution in [0.4, 0.5) is 8.78 Å². The van der Waals surface area contributed by atoms with Gasteiger partial charge in [0, 0.05) is 23.0 Å². The molecule has 0 fully saturated rings. The van der Waals surface area contributed by atoms with Crippen LogP contribution in [-0.4, -0.2) is 13.1 Å². The highest BCUT2D eigenvalue weighted by Crippen LogP contribution is 2.26. The molecule has 2 rings (SSSR count). The molecule has 2 aromatic carbocycles. The van der Waals surface area contributed by atoms with E-state index in [1.807, 2.05) is 38.2 Å². The maximum atomic E-state index is 13.5. The average molecular weight is 310 g/mol. The molecule has 2 aromatic rings. The van der Waals surface area contributed by atoms with E-state index in [1.54, 1.807) is 0 Å². The van der Waals surface area contributed by atoms with Crippen molar-refractivity contribution in [1.82, 2.24) is 5.32 Å². The standard InChI is InChI=1S/C17H18ClF2N/c1-11(21-2)17(7-12-3-5-14(18)6-4-12)13-8-15(19)10-16(20)9-13/h3-6,8-11,17,21H,7H2,1-2H3. The van der Waals surface area contributed by atoms with Crippen LogP contribution >= 0.6 is 11.6 Å². The normalized spacial score (nSPS) is 14.0. The van der Waals surface area contributed by atoms with Crippen LogP contribution in [0, 0.1) is 11.6 Å². The maximum absolute atomic E-state index is 13.5. The first kappa shape index (κ1) is 15.9. The first-order valence-corrected chi connectivity index (χ1v) is 7.25. The lowest BCUT2D eigenvalue weighted by atomic mass is 9.86. The molecule has 0 aliphatic rings. The monoisotopic (exact) mass is 309 g/mol. The number of halogens is 3. The summed E-state index contributed by atoms with van der Waals surface area (Å²) in [6.07, 6.45) is 0.683. The first-order valence-electron chi connectivity index (χ1n) is 6.87. The Morgan fingerprint density at radius 2 is 1.62 bits per heavy atom. The van der Waals surface area contributed by atoms with Gasteiger partial charge in [0.15, 0.2) is 0 Å². The zero-order valence-electron chi connectivity index (χ0n) is 12.0. The Morgan fingerprint density at radius 1 is 1.05 bits per heavy atom. The molecule has 0 heterocycles. The summed E-state index contributed by atoms with van der Waals surface area (Å²) in [5, 5.41) is 3.84. The van der Waals surface area contributed by atoms with Crippen LogP contribution in [0.15, 0.2) is 42.5 Å². The van der Waals surface area contributed by atoms with Crippen LogP contribution in [0.5, 0.6) is 0 Å². The molecule has 1 N–H and O–H groups in total. The second kappa shape index (κ2) is 7.01. The lowest BCUT2D eigenvalue weighted by Crippen LogP contribution is -2.30. The molecule has 2 unspecified atom stereocenters. The molecule has 2 atom stereocenters. The number of nitrogens with one attached hydrogen (secondary N) is 1. The highest BCUT2D eigenvalue weighted by molar-refractivity contribution is 6.30. The molecule has 0 radical (unpaired) electrons. The van der Waals surface area contributed by atoms with Gasteiger partial charge in [0.2, 0.25) is 0 Å². The fraction of sp³-hybridized carbons (Fsp3) is 0.294. The van der Waals surface area contributed by atoms with E-state index in [1.165, 1.54) is 12.1 Å². The molecule has 0 aromatic heterocycles. The van der Waals surface area contributed by atoms with Crippen molar-refractivity contribution >= 4 is 11.6 Å². The van der Waals surface area contributed by atoms with Crippen LogP contribution in [0.3, 0.4) is 0 Å². The lowest BCUT2D eigenvalue weighted by molar-refractivity contribution is 0.484. The molecule has 0 saturated carbocycles. The van der Waals surface area contributed by atoms with Crippen LogP contribution in [0.2, 0.25) is 5.02 Å². The third-order valence-electron chi connectivity index (χ3n) is 3.74. The molecular formula is C17H18ClF2N. The van der Waals surface area contributed by atoms with Crippen molar-refractivity contribution < 1.29 is 8.78 Å². The van der Waals surface area contributed by atoms with Gasteiger partial charge in [0.25, 0.3) is 0 Å². The van der Waals surface area contributed by atoms with Gasteiger partial charge in [-0.05, 0) is 55.8 Å². The van der Waals surface area contributed by atoms with Gasteiger partial charge in [-0.15, -0.1) is 0 Å². The summed E-state index contributed by atoms with van der Waals surface area (Å²) in [4.78, 5) is 0. The molecular weight excluding hydrogens is 292 g/mol. The van der Waals surface area contributed by atoms with Crippen LogP contribution in [-0.2, 0) is 6.42 Å². The minimum Gasteiger partial charge on any atom is -0.317 e. The number of rotatable bonds is 5. The Balaban J connectivity index is 2.31. The Morgan fingerprint density at radius 3 is 2.14 bits per heavy atom. The van der Waals surface area contributed by atoms with Gasteiger partial charge in [-0.1, -0.05) is 23.7 Å². The molecule has 21 heavy (non-hydrogen) atoms. The predicted molar refractivity (Wildman–Crippen MR) is 82.8 cm³/mol. The molecule has 0 amide bonds. The Kier molecular flexibility index (Phi) is 5.32. The van der Waals surface area contributed by atoms with E-state index < -0.39 is 11.6 Å². The Hall–Kier alpha value is -1.45. The maximum Gasteiger partial charge on any atom is 0.126 e. The van der Waals surface area contributed by atoms with Crippen molar-refractivity contribution in [1.29, 1.82) is 0 Å². The van der Waals surface area contributed by atoms with E-state index in [-0.39, 0.29) is 12.0 Å². The van der Waals surface area contributed by atoms with E-state index in [9.17, 15) is 8.78 Å². The molecule has 1 nitrogen and oxygen atoms in total. The van der Waals surface area contributed by atoms with Gasteiger partial charge in [-0.3, -0.25) is 0 Å². The minimum atomic E-state index is -0.547. The lowest BCUT2D eigenvalue weighted by Gasteiger charge is -2.24. The van der Waals surface area contributed by atoms with Gasteiger partial charge in [0.05, 0.1) is 0 Å². The Bertz CT molecular complexity index is 578. The third kappa shape index (κ3) is 4.26. The van der Waals surface area contributed by atoms with Crippen molar-refractivity contribution in [3.63, 3.8) is 0 Å². The van der Waals surface area contributed by atoms with Crippen molar-refractivity contribution in [3.8, 4) is 0 Å². The summed E-state index contributed by atoms with van der Waals surface area (Å²) in [7, 11) is 1.84. The van der Waals surface area contributed by atoms with Gasteiger partial charge in [-0.25, -0.2) is 8.78 Å². The minimum absolute atomic E-state index is 0.0265. The highest BCUT2D eigenvalue weighted by atomic mass is 35.5. The number of hydrogen-bond acceptors (Lipinski definition) is 1. The summed E-state index contributed by atoms with van der Waals surface area (Å²) in [6, 6.07) is 11.3. The predicted octanol–water partition coefficient (Wildman–Crippen LogP) is 4.55. The molecule has 0 aliphatic carbocycles. The Labute approximate surface area is 128 Å². The fourth-order valence-electron chi connectivity index (χ4n) is 2.45. The summed E-state index contributed by atoms with van der Waals surface area (Å²) >= 11 is 5.89. The smallest absolute Gasteiger partial charge is 0.126 e. The quantitative estimate of drug-likeness (QED) is 0.854. The van der Waals surface area contributed by atoms with Gasteiger partial charge in [0.1, 0.15) is 11.6 Å². The topological polar surface area (TPSA) is 12.0 Å². The summed E-state index contributed by atoms with van der Waals surface area (Å²) in [5.74, 6) is -1.12. The van der Waals surface area contributed by atoms with Crippen molar-refractivity contribution in [2.75, 3.05) is 7.05 Å². The second-order valence-corrected chi connectivity index (χ2v) is 5.65. The zero-order valence-corrected chi connectivity index (χ0v) is 12.8. The summed E-state index contributed by atoms with van der Waals surface area (Å²) in [6.45, 7) is 2.00. The van der Waals surface area contributed by atoms with Gasteiger partial charge >= 0.3 is 0 Å². The molecule has 0 saturated heterocycles. The number of hydrogen-bond donors (Lipinski definition) is 1. The van der Waals surface area contributed by atoms with Gasteiger partial charge in [-0.2, -0.15) is 0 Å². The fourth-order valence-corrected chi connectivity index (χ4v) is 2.57. The molecule has 0 spiro atoms. The van der Waals surface area contributed by atoms with E-state index in [0.717, 1.165) is 11.6 Å². The second-order valence-electron chi connectivity index (χ2n) is 5.22. The van der Waals surface area contributed by atoms with Crippen molar-refractivity contribution in [2.24, 2.45) is 0 Å². The summed E-state index contributed by atoms with van der Waals surface area (Å²) in [5.41, 5.74) is 1.74. The van der Waals surface area contributed by atoms with Crippen LogP contribution < -0.4 is 5.32 Å². The molecule has 0 bridgehead atoms. The number of benzene rings is 2.